The predicted octanol–water partition coefficient (Wildman–Crippen LogP) is 7.47. The lowest BCUT2D eigenvalue weighted by Gasteiger charge is -2.41. The van der Waals surface area contributed by atoms with Gasteiger partial charge in [-0.15, -0.1) is 0 Å². The molecule has 0 bridgehead atoms. The van der Waals surface area contributed by atoms with Gasteiger partial charge >= 0.3 is 6.03 Å². The Hall–Kier alpha value is -3.56. The molecule has 0 saturated carbocycles. The lowest BCUT2D eigenvalue weighted by atomic mass is 9.93. The third-order valence-electron chi connectivity index (χ3n) is 6.74. The van der Waals surface area contributed by atoms with Crippen LogP contribution >= 0.6 is 27.7 Å². The van der Waals surface area contributed by atoms with Gasteiger partial charge in [0, 0.05) is 28.1 Å². The van der Waals surface area contributed by atoms with Gasteiger partial charge in [0.1, 0.15) is 0 Å². The quantitative estimate of drug-likeness (QED) is 0.282. The van der Waals surface area contributed by atoms with Gasteiger partial charge in [0.25, 0.3) is 5.91 Å². The molecule has 1 unspecified atom stereocenters. The third-order valence-corrected chi connectivity index (χ3v) is 8.51. The molecule has 2 aliphatic heterocycles. The Balaban J connectivity index is 1.40. The minimum absolute atomic E-state index is 0.155. The van der Waals surface area contributed by atoms with Crippen LogP contribution in [0.5, 0.6) is 0 Å². The predicted molar refractivity (Wildman–Crippen MR) is 164 cm³/mol. The molecule has 39 heavy (non-hydrogen) atoms. The minimum atomic E-state index is -0.335. The van der Waals surface area contributed by atoms with Crippen molar-refractivity contribution in [3.8, 4) is 0 Å². The summed E-state index contributed by atoms with van der Waals surface area (Å²) in [5.41, 5.74) is 6.62. The molecule has 7 nitrogen and oxygen atoms in total. The van der Waals surface area contributed by atoms with Crippen LogP contribution in [0.4, 0.5) is 21.9 Å². The molecule has 3 aromatic rings. The van der Waals surface area contributed by atoms with Gasteiger partial charge < -0.3 is 20.9 Å². The van der Waals surface area contributed by atoms with E-state index >= 15 is 0 Å². The zero-order chi connectivity index (χ0) is 27.5. The average Bonchev–Trinajstić information content (AvgIpc) is 2.91. The Morgan fingerprint density at radius 2 is 1.72 bits per heavy atom. The topological polar surface area (TPSA) is 85.8 Å². The zero-order valence-electron chi connectivity index (χ0n) is 22.0. The molecule has 0 radical (unpaired) electrons. The number of carbonyl (C=O) groups excluding carboxylic acids is 2. The number of allylic oxidation sites excluding steroid dienone is 1. The molecule has 2 heterocycles. The number of nitrogens with zero attached hydrogens (tertiary/aromatic N) is 2. The van der Waals surface area contributed by atoms with Crippen LogP contribution in [0.15, 0.2) is 87.5 Å². The Morgan fingerprint density at radius 3 is 2.46 bits per heavy atom. The Bertz CT molecular complexity index is 1480. The number of anilines is 3. The van der Waals surface area contributed by atoms with Gasteiger partial charge in [-0.05, 0) is 84.6 Å². The van der Waals surface area contributed by atoms with Gasteiger partial charge in [0.2, 0.25) is 0 Å². The molecule has 3 aromatic carbocycles. The molecule has 3 N–H and O–H groups in total. The van der Waals surface area contributed by atoms with Crippen LogP contribution in [0, 0.1) is 13.8 Å². The summed E-state index contributed by atoms with van der Waals surface area (Å²) in [7, 11) is 0. The number of hydrogen-bond donors (Lipinski definition) is 3. The molecule has 0 aromatic heterocycles. The number of amidine groups is 1. The van der Waals surface area contributed by atoms with E-state index in [-0.39, 0.29) is 18.0 Å². The average molecular weight is 605 g/mol. The normalized spacial score (nSPS) is 16.8. The Kier molecular flexibility index (Phi) is 8.09. The number of aryl methyl sites for hydroxylation is 2. The lowest BCUT2D eigenvalue weighted by molar-refractivity contribution is -0.113. The van der Waals surface area contributed by atoms with Crippen molar-refractivity contribution in [1.29, 1.82) is 0 Å². The second-order valence-electron chi connectivity index (χ2n) is 9.64. The highest BCUT2D eigenvalue weighted by Gasteiger charge is 2.37. The summed E-state index contributed by atoms with van der Waals surface area (Å²) in [4.78, 5) is 33.4. The molecule has 1 atom stereocenters. The van der Waals surface area contributed by atoms with Crippen molar-refractivity contribution in [2.75, 3.05) is 28.2 Å². The third kappa shape index (κ3) is 6.04. The number of hydrogen-bond acceptors (Lipinski definition) is 5. The van der Waals surface area contributed by atoms with Gasteiger partial charge in [0.05, 0.1) is 23.0 Å². The maximum Gasteiger partial charge on any atom is 0.323 e. The van der Waals surface area contributed by atoms with Crippen LogP contribution < -0.4 is 16.0 Å². The number of para-hydroxylation sites is 1. The first kappa shape index (κ1) is 27.0. The van der Waals surface area contributed by atoms with Gasteiger partial charge in [-0.3, -0.25) is 4.79 Å². The van der Waals surface area contributed by atoms with Crippen LogP contribution in [-0.2, 0) is 4.79 Å². The number of carbonyl (C=O) groups is 2. The van der Waals surface area contributed by atoms with E-state index in [9.17, 15) is 9.59 Å². The molecule has 2 aliphatic rings. The summed E-state index contributed by atoms with van der Waals surface area (Å²) in [5, 5.41) is 9.81. The highest BCUT2D eigenvalue weighted by atomic mass is 79.9. The molecule has 1 saturated heterocycles. The molecule has 0 spiro atoms. The van der Waals surface area contributed by atoms with Crippen molar-refractivity contribution in [2.24, 2.45) is 4.99 Å². The maximum atomic E-state index is 13.7. The van der Waals surface area contributed by atoms with E-state index in [2.05, 4.69) is 42.8 Å². The largest absolute Gasteiger partial charge is 0.340 e. The summed E-state index contributed by atoms with van der Waals surface area (Å²) in [6, 6.07) is 20.5. The van der Waals surface area contributed by atoms with Gasteiger partial charge in [-0.2, -0.15) is 0 Å². The van der Waals surface area contributed by atoms with E-state index in [4.69, 9.17) is 4.99 Å². The van der Waals surface area contributed by atoms with E-state index in [1.165, 1.54) is 0 Å². The molecule has 3 amide bonds. The highest BCUT2D eigenvalue weighted by molar-refractivity contribution is 9.10. The molecule has 5 rings (SSSR count). The van der Waals surface area contributed by atoms with Gasteiger partial charge in [0.15, 0.2) is 5.17 Å². The Morgan fingerprint density at radius 1 is 0.949 bits per heavy atom. The fourth-order valence-corrected chi connectivity index (χ4v) is 6.25. The fraction of sp³-hybridized carbons (Fsp3) is 0.233. The van der Waals surface area contributed by atoms with Crippen molar-refractivity contribution < 1.29 is 9.59 Å². The van der Waals surface area contributed by atoms with Crippen LogP contribution in [0.3, 0.4) is 0 Å². The first-order valence-corrected chi connectivity index (χ1v) is 14.6. The van der Waals surface area contributed by atoms with Crippen molar-refractivity contribution >= 4 is 61.9 Å². The molecular weight excluding hydrogens is 574 g/mol. The number of urea groups is 1. The SMILES string of the molecule is CC1=C(C(=O)Nc2ccc(C)cc2C)C(c2ccc(NC(=O)Nc3ccccc3Br)cc2)N2CCCSC2=N1. The molecule has 1 fully saturated rings. The van der Waals surface area contributed by atoms with Crippen LogP contribution in [0.2, 0.25) is 0 Å². The zero-order valence-corrected chi connectivity index (χ0v) is 24.4. The fourth-order valence-electron chi connectivity index (χ4n) is 4.84. The number of benzene rings is 3. The first-order valence-electron chi connectivity index (χ1n) is 12.8. The summed E-state index contributed by atoms with van der Waals surface area (Å²) >= 11 is 5.17. The number of thioether (sulfide) groups is 1. The number of nitrogens with one attached hydrogen (secondary N) is 3. The second-order valence-corrected chi connectivity index (χ2v) is 11.6. The van der Waals surface area contributed by atoms with E-state index in [0.717, 1.165) is 56.4 Å². The molecule has 0 aliphatic carbocycles. The second kappa shape index (κ2) is 11.7. The first-order chi connectivity index (χ1) is 18.8. The number of fused-ring (bicyclic) bond motifs is 1. The van der Waals surface area contributed by atoms with Crippen LogP contribution in [0.25, 0.3) is 0 Å². The van der Waals surface area contributed by atoms with Gasteiger partial charge in [-0.1, -0.05) is 53.7 Å². The Labute approximate surface area is 241 Å². The molecule has 9 heteroatoms. The standard InChI is InChI=1S/C30H30BrN5O2S/c1-18-9-14-24(19(2)17-18)34-28(37)26-20(3)32-30-36(15-6-16-39-30)27(26)21-10-12-22(13-11-21)33-29(38)35-25-8-5-4-7-23(25)31/h4-5,7-14,17,27H,6,15-16H2,1-3H3,(H,34,37)(H2,33,35,38). The molecular formula is C30H30BrN5O2S. The van der Waals surface area contributed by atoms with Crippen LogP contribution in [0.1, 0.15) is 36.1 Å². The number of amides is 3. The van der Waals surface area contributed by atoms with Crippen molar-refractivity contribution in [3.05, 3.63) is 99.2 Å². The van der Waals surface area contributed by atoms with Crippen LogP contribution in [-0.4, -0.2) is 34.3 Å². The number of rotatable bonds is 5. The van der Waals surface area contributed by atoms with Crippen molar-refractivity contribution in [3.63, 3.8) is 0 Å². The van der Waals surface area contributed by atoms with Crippen molar-refractivity contribution in [1.82, 2.24) is 4.90 Å². The van der Waals surface area contributed by atoms with E-state index < -0.39 is 0 Å². The number of aliphatic imine (C=N–C) groups is 1. The summed E-state index contributed by atoms with van der Waals surface area (Å²) in [6.45, 7) is 6.76. The monoisotopic (exact) mass is 603 g/mol. The molecule has 200 valence electrons. The maximum absolute atomic E-state index is 13.7. The minimum Gasteiger partial charge on any atom is -0.340 e. The smallest absolute Gasteiger partial charge is 0.323 e. The lowest BCUT2D eigenvalue weighted by Crippen LogP contribution is -2.43. The van der Waals surface area contributed by atoms with E-state index in [1.54, 1.807) is 11.8 Å². The highest BCUT2D eigenvalue weighted by Crippen LogP contribution is 2.40. The summed E-state index contributed by atoms with van der Waals surface area (Å²) in [5.74, 6) is 0.854. The van der Waals surface area contributed by atoms with Crippen molar-refractivity contribution in [2.45, 2.75) is 33.2 Å². The van der Waals surface area contributed by atoms with E-state index in [1.807, 2.05) is 81.4 Å². The number of halogens is 1. The van der Waals surface area contributed by atoms with E-state index in [0.29, 0.717) is 16.9 Å². The van der Waals surface area contributed by atoms with Gasteiger partial charge in [-0.25, -0.2) is 9.79 Å². The summed E-state index contributed by atoms with van der Waals surface area (Å²) in [6.07, 6.45) is 1.01. The summed E-state index contributed by atoms with van der Waals surface area (Å²) < 4.78 is 0.804.